The molecule has 0 aromatic carbocycles. The van der Waals surface area contributed by atoms with Crippen LogP contribution >= 0.6 is 0 Å². The standard InChI is InChI=1S/C17H18N4O6/c1-10-8-12(11(2)26-10)16-19-18-14(27-16)9-25-17(23)13-4-5-15(22)21(20-13)6-7-24-3/h4-5,8H,6-7,9H2,1-3H3. The van der Waals surface area contributed by atoms with Crippen LogP contribution in [0.15, 0.2) is 31.8 Å². The minimum absolute atomic E-state index is 0.00764. The molecular formula is C17H18N4O6. The molecule has 0 N–H and O–H groups in total. The molecule has 27 heavy (non-hydrogen) atoms. The highest BCUT2D eigenvalue weighted by Gasteiger charge is 2.17. The number of hydrogen-bond acceptors (Lipinski definition) is 9. The average molecular weight is 374 g/mol. The van der Waals surface area contributed by atoms with Crippen molar-refractivity contribution in [1.29, 1.82) is 0 Å². The SMILES string of the molecule is COCCn1nc(C(=O)OCc2nnc(-c3cc(C)oc3C)o2)ccc1=O. The van der Waals surface area contributed by atoms with E-state index in [4.69, 9.17) is 18.3 Å². The lowest BCUT2D eigenvalue weighted by atomic mass is 10.2. The third-order valence-corrected chi connectivity index (χ3v) is 3.65. The van der Waals surface area contributed by atoms with Crippen molar-refractivity contribution in [3.8, 4) is 11.5 Å². The van der Waals surface area contributed by atoms with Crippen LogP contribution in [0.25, 0.3) is 11.5 Å². The second-order valence-corrected chi connectivity index (χ2v) is 5.68. The van der Waals surface area contributed by atoms with Crippen LogP contribution in [0.4, 0.5) is 0 Å². The molecule has 0 amide bonds. The monoisotopic (exact) mass is 374 g/mol. The summed E-state index contributed by atoms with van der Waals surface area (Å²) in [5, 5.41) is 11.7. The summed E-state index contributed by atoms with van der Waals surface area (Å²) >= 11 is 0. The maximum absolute atomic E-state index is 12.2. The smallest absolute Gasteiger partial charge is 0.359 e. The molecule has 10 heteroatoms. The Labute approximate surface area is 153 Å². The van der Waals surface area contributed by atoms with Crippen LogP contribution in [0, 0.1) is 13.8 Å². The summed E-state index contributed by atoms with van der Waals surface area (Å²) in [6.07, 6.45) is 0. The summed E-state index contributed by atoms with van der Waals surface area (Å²) < 4.78 is 22.1. The van der Waals surface area contributed by atoms with Gasteiger partial charge in [0.2, 0.25) is 0 Å². The maximum atomic E-state index is 12.2. The zero-order valence-electron chi connectivity index (χ0n) is 15.1. The van der Waals surface area contributed by atoms with E-state index < -0.39 is 5.97 Å². The Bertz CT molecular complexity index is 1000. The van der Waals surface area contributed by atoms with Crippen molar-refractivity contribution < 1.29 is 23.1 Å². The molecule has 142 valence electrons. The summed E-state index contributed by atoms with van der Waals surface area (Å²) in [4.78, 5) is 23.9. The van der Waals surface area contributed by atoms with Gasteiger partial charge in [-0.1, -0.05) is 0 Å². The predicted octanol–water partition coefficient (Wildman–Crippen LogP) is 1.51. The fourth-order valence-electron chi connectivity index (χ4n) is 2.36. The van der Waals surface area contributed by atoms with E-state index in [1.165, 1.54) is 19.2 Å². The summed E-state index contributed by atoms with van der Waals surface area (Å²) in [5.74, 6) is 1.08. The lowest BCUT2D eigenvalue weighted by Gasteiger charge is -2.06. The van der Waals surface area contributed by atoms with Crippen molar-refractivity contribution in [2.75, 3.05) is 13.7 Å². The summed E-state index contributed by atoms with van der Waals surface area (Å²) in [5.41, 5.74) is 0.340. The van der Waals surface area contributed by atoms with Crippen molar-refractivity contribution in [2.24, 2.45) is 0 Å². The average Bonchev–Trinajstić information content (AvgIpc) is 3.24. The van der Waals surface area contributed by atoms with E-state index in [9.17, 15) is 9.59 Å². The molecule has 0 saturated heterocycles. The van der Waals surface area contributed by atoms with Gasteiger partial charge in [0, 0.05) is 13.2 Å². The molecule has 3 aromatic rings. The predicted molar refractivity (Wildman–Crippen MR) is 91.0 cm³/mol. The van der Waals surface area contributed by atoms with Gasteiger partial charge in [-0.25, -0.2) is 9.48 Å². The largest absolute Gasteiger partial charge is 0.466 e. The molecule has 3 aromatic heterocycles. The van der Waals surface area contributed by atoms with E-state index in [2.05, 4.69) is 15.3 Å². The van der Waals surface area contributed by atoms with Crippen LogP contribution < -0.4 is 5.56 Å². The molecule has 0 fully saturated rings. The number of esters is 1. The lowest BCUT2D eigenvalue weighted by molar-refractivity contribution is 0.0427. The summed E-state index contributed by atoms with van der Waals surface area (Å²) in [6.45, 7) is 3.90. The molecule has 0 spiro atoms. The number of ether oxygens (including phenoxy) is 2. The number of aromatic nitrogens is 4. The number of methoxy groups -OCH3 is 1. The second-order valence-electron chi connectivity index (χ2n) is 5.68. The van der Waals surface area contributed by atoms with Crippen molar-refractivity contribution in [1.82, 2.24) is 20.0 Å². The Morgan fingerprint density at radius 3 is 2.74 bits per heavy atom. The van der Waals surface area contributed by atoms with Gasteiger partial charge < -0.3 is 18.3 Å². The molecule has 0 atom stereocenters. The first-order chi connectivity index (χ1) is 13.0. The van der Waals surface area contributed by atoms with Gasteiger partial charge >= 0.3 is 5.97 Å². The van der Waals surface area contributed by atoms with E-state index in [-0.39, 0.29) is 36.2 Å². The van der Waals surface area contributed by atoms with E-state index in [1.54, 1.807) is 13.0 Å². The molecule has 0 aliphatic carbocycles. The Kier molecular flexibility index (Phi) is 5.46. The molecule has 0 bridgehead atoms. The number of carbonyl (C=O) groups is 1. The number of hydrogen-bond donors (Lipinski definition) is 0. The number of furan rings is 1. The van der Waals surface area contributed by atoms with Crippen LogP contribution in [-0.4, -0.2) is 39.7 Å². The Morgan fingerprint density at radius 1 is 1.22 bits per heavy atom. The minimum Gasteiger partial charge on any atom is -0.466 e. The van der Waals surface area contributed by atoms with Gasteiger partial charge in [-0.3, -0.25) is 4.79 Å². The Balaban J connectivity index is 1.66. The highest BCUT2D eigenvalue weighted by molar-refractivity contribution is 5.86. The number of nitrogens with zero attached hydrogens (tertiary/aromatic N) is 4. The normalized spacial score (nSPS) is 10.9. The first-order valence-corrected chi connectivity index (χ1v) is 8.12. The Morgan fingerprint density at radius 2 is 2.04 bits per heavy atom. The molecule has 0 radical (unpaired) electrons. The fraction of sp³-hybridized carbons (Fsp3) is 0.353. The topological polar surface area (TPSA) is 122 Å². The van der Waals surface area contributed by atoms with Crippen molar-refractivity contribution >= 4 is 5.97 Å². The summed E-state index contributed by atoms with van der Waals surface area (Å²) in [7, 11) is 1.51. The van der Waals surface area contributed by atoms with Gasteiger partial charge in [0.05, 0.1) is 18.7 Å². The second kappa shape index (κ2) is 7.96. The van der Waals surface area contributed by atoms with Crippen LogP contribution in [0.5, 0.6) is 0 Å². The highest BCUT2D eigenvalue weighted by atomic mass is 16.5. The van der Waals surface area contributed by atoms with Gasteiger partial charge in [-0.2, -0.15) is 5.10 Å². The summed E-state index contributed by atoms with van der Waals surface area (Å²) in [6, 6.07) is 4.32. The first kappa shape index (κ1) is 18.5. The van der Waals surface area contributed by atoms with Crippen LogP contribution in [0.1, 0.15) is 27.9 Å². The molecule has 3 heterocycles. The Hall–Kier alpha value is -3.27. The maximum Gasteiger partial charge on any atom is 0.359 e. The third kappa shape index (κ3) is 4.29. The lowest BCUT2D eigenvalue weighted by Crippen LogP contribution is -2.26. The molecule has 0 aliphatic rings. The number of aryl methyl sites for hydroxylation is 2. The molecule has 0 saturated carbocycles. The quantitative estimate of drug-likeness (QED) is 0.566. The first-order valence-electron chi connectivity index (χ1n) is 8.12. The van der Waals surface area contributed by atoms with Crippen LogP contribution in [0.3, 0.4) is 0 Å². The third-order valence-electron chi connectivity index (χ3n) is 3.65. The number of rotatable bonds is 7. The van der Waals surface area contributed by atoms with E-state index >= 15 is 0 Å². The number of carbonyl (C=O) groups excluding carboxylic acids is 1. The highest BCUT2D eigenvalue weighted by Crippen LogP contribution is 2.25. The van der Waals surface area contributed by atoms with Crippen LogP contribution in [0.2, 0.25) is 0 Å². The van der Waals surface area contributed by atoms with Gasteiger partial charge in [0.25, 0.3) is 17.3 Å². The van der Waals surface area contributed by atoms with Gasteiger partial charge in [-0.05, 0) is 26.0 Å². The van der Waals surface area contributed by atoms with Gasteiger partial charge in [0.15, 0.2) is 12.3 Å². The van der Waals surface area contributed by atoms with E-state index in [1.807, 2.05) is 6.92 Å². The van der Waals surface area contributed by atoms with Crippen molar-refractivity contribution in [3.05, 3.63) is 51.7 Å². The van der Waals surface area contributed by atoms with Crippen molar-refractivity contribution in [2.45, 2.75) is 27.0 Å². The van der Waals surface area contributed by atoms with Crippen molar-refractivity contribution in [3.63, 3.8) is 0 Å². The van der Waals surface area contributed by atoms with Gasteiger partial charge in [-0.15, -0.1) is 10.2 Å². The minimum atomic E-state index is -0.712. The molecular weight excluding hydrogens is 356 g/mol. The zero-order valence-corrected chi connectivity index (χ0v) is 15.1. The fourth-order valence-corrected chi connectivity index (χ4v) is 2.36. The molecule has 10 nitrogen and oxygen atoms in total. The molecule has 0 aliphatic heterocycles. The van der Waals surface area contributed by atoms with E-state index in [0.29, 0.717) is 17.9 Å². The van der Waals surface area contributed by atoms with Crippen LogP contribution in [-0.2, 0) is 22.6 Å². The van der Waals surface area contributed by atoms with E-state index in [0.717, 1.165) is 10.4 Å². The molecule has 0 unspecified atom stereocenters. The molecule has 3 rings (SSSR count). The zero-order chi connectivity index (χ0) is 19.4. The van der Waals surface area contributed by atoms with Gasteiger partial charge in [0.1, 0.15) is 11.5 Å².